The molecule has 3 rings (SSSR count). The molecule has 0 bridgehead atoms. The Kier molecular flexibility index (Phi) is 6.98. The molecule has 0 saturated carbocycles. The van der Waals surface area contributed by atoms with E-state index >= 15 is 0 Å². The fraction of sp³-hybridized carbons (Fsp3) is 0.500. The Morgan fingerprint density at radius 2 is 1.93 bits per heavy atom. The van der Waals surface area contributed by atoms with Gasteiger partial charge < -0.3 is 19.1 Å². The number of carbonyl (C=O) groups excluding carboxylic acids is 1. The third-order valence-electron chi connectivity index (χ3n) is 5.32. The molecule has 1 aromatic heterocycles. The third kappa shape index (κ3) is 4.92. The second-order valence-electron chi connectivity index (χ2n) is 7.09. The summed E-state index contributed by atoms with van der Waals surface area (Å²) in [4.78, 5) is 38.4. The zero-order valence-corrected chi connectivity index (χ0v) is 18.3. The van der Waals surface area contributed by atoms with Crippen molar-refractivity contribution >= 4 is 30.4 Å². The van der Waals surface area contributed by atoms with Gasteiger partial charge in [0.2, 0.25) is 0 Å². The van der Waals surface area contributed by atoms with Crippen molar-refractivity contribution in [3.8, 4) is 0 Å². The number of hydrogen-bond donors (Lipinski definition) is 1. The molecule has 1 amide bonds. The molecule has 9 nitrogen and oxygen atoms in total. The molecule has 1 fully saturated rings. The highest BCUT2D eigenvalue weighted by Crippen LogP contribution is 2.44. The molecule has 1 aromatic carbocycles. The van der Waals surface area contributed by atoms with Gasteiger partial charge in [-0.3, -0.25) is 13.8 Å². The number of hydrogen-bond acceptors (Lipinski definition) is 7. The standard InChI is InChI=1S/C20H27N2O7P/c1-4-21(5-2)15-7-6-14-12-17(20(24)28-18(14)13-15)19(23)22-10-8-16(9-11-22)29-30(25,26)27-3/h6-7,12-13,16H,4-5,8-11H2,1-3H3,(H,25,26). The van der Waals surface area contributed by atoms with E-state index < -0.39 is 25.5 Å². The molecule has 1 unspecified atom stereocenters. The summed E-state index contributed by atoms with van der Waals surface area (Å²) in [6, 6.07) is 7.15. The van der Waals surface area contributed by atoms with Crippen LogP contribution in [0.2, 0.25) is 0 Å². The van der Waals surface area contributed by atoms with Crippen LogP contribution in [0.5, 0.6) is 0 Å². The molecule has 164 valence electrons. The van der Waals surface area contributed by atoms with Gasteiger partial charge in [0.05, 0.1) is 6.10 Å². The van der Waals surface area contributed by atoms with Gasteiger partial charge in [0.15, 0.2) is 0 Å². The molecule has 2 aromatic rings. The van der Waals surface area contributed by atoms with Crippen LogP contribution in [0, 0.1) is 0 Å². The summed E-state index contributed by atoms with van der Waals surface area (Å²) in [5, 5.41) is 0.674. The van der Waals surface area contributed by atoms with E-state index in [-0.39, 0.29) is 5.56 Å². The number of phosphoric ester groups is 1. The molecule has 0 radical (unpaired) electrons. The summed E-state index contributed by atoms with van der Waals surface area (Å²) in [5.74, 6) is -0.421. The molecule has 1 aliphatic heterocycles. The van der Waals surface area contributed by atoms with Gasteiger partial charge in [-0.1, -0.05) is 0 Å². The van der Waals surface area contributed by atoms with Crippen LogP contribution in [-0.4, -0.2) is 55.1 Å². The average molecular weight is 438 g/mol. The van der Waals surface area contributed by atoms with Crippen LogP contribution in [0.1, 0.15) is 37.0 Å². The van der Waals surface area contributed by atoms with Crippen molar-refractivity contribution < 1.29 is 27.7 Å². The van der Waals surface area contributed by atoms with Gasteiger partial charge >= 0.3 is 13.4 Å². The van der Waals surface area contributed by atoms with Crippen molar-refractivity contribution in [3.63, 3.8) is 0 Å². The molecule has 1 aliphatic rings. The van der Waals surface area contributed by atoms with E-state index in [1.54, 1.807) is 6.07 Å². The number of nitrogens with zero attached hydrogens (tertiary/aromatic N) is 2. The summed E-state index contributed by atoms with van der Waals surface area (Å²) in [5.41, 5.74) is 0.685. The summed E-state index contributed by atoms with van der Waals surface area (Å²) >= 11 is 0. The Morgan fingerprint density at radius 3 is 2.53 bits per heavy atom. The van der Waals surface area contributed by atoms with Crippen LogP contribution < -0.4 is 10.5 Å². The first-order chi connectivity index (χ1) is 14.3. The number of benzene rings is 1. The lowest BCUT2D eigenvalue weighted by Gasteiger charge is -2.32. The van der Waals surface area contributed by atoms with Crippen LogP contribution in [-0.2, 0) is 13.6 Å². The number of rotatable bonds is 7. The second-order valence-corrected chi connectivity index (χ2v) is 8.60. The first kappa shape index (κ1) is 22.5. The SMILES string of the molecule is CCN(CC)c1ccc2cc(C(=O)N3CCC(OP(=O)(O)OC)CC3)c(=O)oc2c1. The average Bonchev–Trinajstić information content (AvgIpc) is 2.74. The number of piperidine rings is 1. The molecular weight excluding hydrogens is 411 g/mol. The second kappa shape index (κ2) is 9.31. The minimum absolute atomic E-state index is 0.0258. The minimum atomic E-state index is -4.07. The number of anilines is 1. The largest absolute Gasteiger partial charge is 0.472 e. The molecule has 10 heteroatoms. The lowest BCUT2D eigenvalue weighted by atomic mass is 10.1. The molecule has 1 saturated heterocycles. The maximum atomic E-state index is 12.9. The maximum Gasteiger partial charge on any atom is 0.472 e. The van der Waals surface area contributed by atoms with E-state index in [9.17, 15) is 19.0 Å². The molecule has 1 atom stereocenters. The highest BCUT2D eigenvalue weighted by atomic mass is 31.2. The number of likely N-dealkylation sites (tertiary alicyclic amines) is 1. The Hall–Kier alpha value is -2.19. The van der Waals surface area contributed by atoms with Crippen LogP contribution in [0.3, 0.4) is 0 Å². The van der Waals surface area contributed by atoms with E-state index in [1.165, 1.54) is 4.90 Å². The van der Waals surface area contributed by atoms with Crippen LogP contribution in [0.4, 0.5) is 5.69 Å². The van der Waals surface area contributed by atoms with Crippen LogP contribution in [0.25, 0.3) is 11.0 Å². The van der Waals surface area contributed by atoms with Gasteiger partial charge in [-0.15, -0.1) is 0 Å². The van der Waals surface area contributed by atoms with E-state index in [0.717, 1.165) is 25.9 Å². The van der Waals surface area contributed by atoms with Crippen molar-refractivity contribution in [1.29, 1.82) is 0 Å². The van der Waals surface area contributed by atoms with E-state index in [1.807, 2.05) is 18.2 Å². The highest BCUT2D eigenvalue weighted by Gasteiger charge is 2.31. The van der Waals surface area contributed by atoms with Crippen LogP contribution >= 0.6 is 7.82 Å². The number of fused-ring (bicyclic) bond motifs is 1. The molecule has 0 aliphatic carbocycles. The van der Waals surface area contributed by atoms with E-state index in [0.29, 0.717) is 36.9 Å². The van der Waals surface area contributed by atoms with Crippen molar-refractivity contribution in [2.45, 2.75) is 32.8 Å². The Balaban J connectivity index is 1.76. The fourth-order valence-electron chi connectivity index (χ4n) is 3.60. The smallest absolute Gasteiger partial charge is 0.422 e. The highest BCUT2D eigenvalue weighted by molar-refractivity contribution is 7.47. The van der Waals surface area contributed by atoms with E-state index in [4.69, 9.17) is 8.94 Å². The number of phosphoric acid groups is 1. The first-order valence-corrected chi connectivity index (χ1v) is 11.5. The van der Waals surface area contributed by atoms with Gasteiger partial charge in [0.1, 0.15) is 11.1 Å². The van der Waals surface area contributed by atoms with Gasteiger partial charge in [-0.25, -0.2) is 9.36 Å². The van der Waals surface area contributed by atoms with Crippen molar-refractivity contribution in [3.05, 3.63) is 40.2 Å². The lowest BCUT2D eigenvalue weighted by molar-refractivity contribution is 0.0495. The summed E-state index contributed by atoms with van der Waals surface area (Å²) in [6.07, 6.45) is 0.244. The van der Waals surface area contributed by atoms with Gasteiger partial charge in [-0.05, 0) is 44.9 Å². The van der Waals surface area contributed by atoms with Crippen molar-refractivity contribution in [2.24, 2.45) is 0 Å². The van der Waals surface area contributed by atoms with Crippen LogP contribution in [0.15, 0.2) is 33.5 Å². The number of amides is 1. The van der Waals surface area contributed by atoms with Crippen molar-refractivity contribution in [1.82, 2.24) is 4.90 Å². The topological polar surface area (TPSA) is 110 Å². The zero-order chi connectivity index (χ0) is 21.9. The minimum Gasteiger partial charge on any atom is -0.422 e. The Morgan fingerprint density at radius 1 is 1.27 bits per heavy atom. The quantitative estimate of drug-likeness (QED) is 0.519. The Labute approximate surface area is 174 Å². The molecule has 1 N–H and O–H groups in total. The first-order valence-electron chi connectivity index (χ1n) is 9.97. The van der Waals surface area contributed by atoms with E-state index in [2.05, 4.69) is 23.3 Å². The van der Waals surface area contributed by atoms with Gasteiger partial charge in [0, 0.05) is 50.4 Å². The Bertz CT molecular complexity index is 1010. The molecule has 2 heterocycles. The summed E-state index contributed by atoms with van der Waals surface area (Å²) in [6.45, 7) is 6.36. The lowest BCUT2D eigenvalue weighted by Crippen LogP contribution is -2.42. The third-order valence-corrected chi connectivity index (χ3v) is 6.35. The zero-order valence-electron chi connectivity index (χ0n) is 17.4. The predicted octanol–water partition coefficient (Wildman–Crippen LogP) is 3.01. The fourth-order valence-corrected chi connectivity index (χ4v) is 4.27. The predicted molar refractivity (Wildman–Crippen MR) is 113 cm³/mol. The molecule has 30 heavy (non-hydrogen) atoms. The van der Waals surface area contributed by atoms with Gasteiger partial charge in [0.25, 0.3) is 5.91 Å². The maximum absolute atomic E-state index is 12.9. The monoisotopic (exact) mass is 438 g/mol. The number of carbonyl (C=O) groups is 1. The summed E-state index contributed by atoms with van der Waals surface area (Å²) in [7, 11) is -2.97. The molecule has 0 spiro atoms. The normalized spacial score (nSPS) is 17.1. The van der Waals surface area contributed by atoms with Crippen molar-refractivity contribution in [2.75, 3.05) is 38.2 Å². The summed E-state index contributed by atoms with van der Waals surface area (Å²) < 4.78 is 26.5. The molecular formula is C20H27N2O7P. The van der Waals surface area contributed by atoms with Gasteiger partial charge in [-0.2, -0.15) is 0 Å².